The van der Waals surface area contributed by atoms with Crippen LogP contribution in [0.2, 0.25) is 0 Å². The summed E-state index contributed by atoms with van der Waals surface area (Å²) in [5.41, 5.74) is -4.34. The summed E-state index contributed by atoms with van der Waals surface area (Å²) in [4.78, 5) is 11.4. The topological polar surface area (TPSA) is 55.8 Å². The highest BCUT2D eigenvalue weighted by molar-refractivity contribution is 5.92. The van der Waals surface area contributed by atoms with Crippen molar-refractivity contribution < 1.29 is 50.1 Å². The highest BCUT2D eigenvalue weighted by atomic mass is 19.4. The summed E-state index contributed by atoms with van der Waals surface area (Å²) in [6.45, 7) is -3.05. The average molecular weight is 428 g/mol. The van der Waals surface area contributed by atoms with Gasteiger partial charge in [0.15, 0.2) is 17.5 Å². The van der Waals surface area contributed by atoms with Crippen LogP contribution in [0, 0.1) is 0 Å². The van der Waals surface area contributed by atoms with Crippen LogP contribution in [0.4, 0.5) is 30.7 Å². The number of allylic oxidation sites excluding steroid dienone is 2. The van der Waals surface area contributed by atoms with E-state index in [1.54, 1.807) is 0 Å². The summed E-state index contributed by atoms with van der Waals surface area (Å²) in [6, 6.07) is 1.54. The first-order chi connectivity index (χ1) is 13.4. The average Bonchev–Trinajstić information content (AvgIpc) is 3.07. The second-order valence-electron chi connectivity index (χ2n) is 6.82. The number of halogens is 7. The number of benzene rings is 1. The first-order valence-corrected chi connectivity index (χ1v) is 8.43. The maximum Gasteiger partial charge on any atom is 0.458 e. The molecule has 0 bridgehead atoms. The van der Waals surface area contributed by atoms with E-state index in [-0.39, 0.29) is 24.4 Å². The van der Waals surface area contributed by atoms with Gasteiger partial charge in [-0.15, -0.1) is 0 Å². The van der Waals surface area contributed by atoms with Gasteiger partial charge in [0, 0.05) is 30.0 Å². The van der Waals surface area contributed by atoms with Crippen LogP contribution in [0.15, 0.2) is 30.0 Å². The van der Waals surface area contributed by atoms with Gasteiger partial charge >= 0.3 is 12.1 Å². The second kappa shape index (κ2) is 7.19. The Morgan fingerprint density at radius 3 is 2.31 bits per heavy atom. The highest BCUT2D eigenvalue weighted by Gasteiger charge is 2.59. The number of ketones is 1. The Hall–Kier alpha value is -2.30. The van der Waals surface area contributed by atoms with Crippen LogP contribution in [0.3, 0.4) is 0 Å². The number of alkyl halides is 7. The summed E-state index contributed by atoms with van der Waals surface area (Å²) >= 11 is 0. The standard InChI is InChI=1S/C18H15F7O4/c19-7-16(8-20)15(27)14(28-11-3-2-10(26)6-11)12-5-9(1-4-13(12)29-16)17(21,22)18(23,24)25/h1,4-6,14-15,27H,2-3,7-8H2. The first kappa shape index (κ1) is 21.4. The second-order valence-corrected chi connectivity index (χ2v) is 6.82. The monoisotopic (exact) mass is 428 g/mol. The van der Waals surface area contributed by atoms with Crippen molar-refractivity contribution in [3.05, 3.63) is 41.2 Å². The molecule has 0 amide bonds. The van der Waals surface area contributed by atoms with Gasteiger partial charge in [-0.3, -0.25) is 4.79 Å². The number of carbonyl (C=O) groups excluding carboxylic acids is 1. The maximum absolute atomic E-state index is 13.8. The van der Waals surface area contributed by atoms with Crippen LogP contribution in [0.5, 0.6) is 5.75 Å². The summed E-state index contributed by atoms with van der Waals surface area (Å²) < 4.78 is 103. The van der Waals surface area contributed by atoms with Crippen molar-refractivity contribution in [3.63, 3.8) is 0 Å². The summed E-state index contributed by atoms with van der Waals surface area (Å²) in [5.74, 6) is -5.97. The SMILES string of the molecule is O=C1C=C(OC2c3cc(C(F)(F)C(F)(F)F)ccc3OC(CF)(CF)C2O)CC1. The molecule has 4 nitrogen and oxygen atoms in total. The lowest BCUT2D eigenvalue weighted by Crippen LogP contribution is -2.57. The number of carbonyl (C=O) groups is 1. The van der Waals surface area contributed by atoms with E-state index in [2.05, 4.69) is 0 Å². The molecule has 2 unspecified atom stereocenters. The molecule has 1 N–H and O–H groups in total. The van der Waals surface area contributed by atoms with Crippen molar-refractivity contribution in [2.75, 3.05) is 13.3 Å². The van der Waals surface area contributed by atoms with Crippen molar-refractivity contribution in [2.24, 2.45) is 0 Å². The van der Waals surface area contributed by atoms with Crippen molar-refractivity contribution >= 4 is 5.78 Å². The Labute approximate surface area is 159 Å². The van der Waals surface area contributed by atoms with Gasteiger partial charge in [0.1, 0.15) is 31.0 Å². The molecular weight excluding hydrogens is 413 g/mol. The Bertz CT molecular complexity index is 830. The Morgan fingerprint density at radius 2 is 1.79 bits per heavy atom. The van der Waals surface area contributed by atoms with Crippen LogP contribution in [0.1, 0.15) is 30.1 Å². The molecule has 160 valence electrons. The highest BCUT2D eigenvalue weighted by Crippen LogP contribution is 2.49. The van der Waals surface area contributed by atoms with Crippen molar-refractivity contribution in [1.29, 1.82) is 0 Å². The quantitative estimate of drug-likeness (QED) is 0.719. The van der Waals surface area contributed by atoms with Crippen LogP contribution >= 0.6 is 0 Å². The fourth-order valence-corrected chi connectivity index (χ4v) is 3.15. The molecule has 11 heteroatoms. The van der Waals surface area contributed by atoms with E-state index in [9.17, 15) is 40.6 Å². The van der Waals surface area contributed by atoms with E-state index in [0.717, 1.165) is 6.08 Å². The van der Waals surface area contributed by atoms with Gasteiger partial charge in [0.05, 0.1) is 0 Å². The Morgan fingerprint density at radius 1 is 1.14 bits per heavy atom. The lowest BCUT2D eigenvalue weighted by atomic mass is 9.86. The van der Waals surface area contributed by atoms with Crippen LogP contribution in [0.25, 0.3) is 0 Å². The molecule has 0 spiro atoms. The molecule has 0 fully saturated rings. The van der Waals surface area contributed by atoms with Gasteiger partial charge in [-0.2, -0.15) is 22.0 Å². The molecule has 0 saturated heterocycles. The molecular formula is C18H15F7O4. The molecule has 1 aliphatic carbocycles. The first-order valence-electron chi connectivity index (χ1n) is 8.43. The van der Waals surface area contributed by atoms with E-state index >= 15 is 0 Å². The van der Waals surface area contributed by atoms with Crippen molar-refractivity contribution in [3.8, 4) is 5.75 Å². The van der Waals surface area contributed by atoms with Crippen LogP contribution < -0.4 is 4.74 Å². The number of aliphatic hydroxyl groups excluding tert-OH is 1. The Balaban J connectivity index is 2.10. The largest absolute Gasteiger partial charge is 0.487 e. The van der Waals surface area contributed by atoms with Gasteiger partial charge in [-0.1, -0.05) is 0 Å². The van der Waals surface area contributed by atoms with Crippen molar-refractivity contribution in [2.45, 2.75) is 42.7 Å². The lowest BCUT2D eigenvalue weighted by Gasteiger charge is -2.43. The van der Waals surface area contributed by atoms with Crippen molar-refractivity contribution in [1.82, 2.24) is 0 Å². The maximum atomic E-state index is 13.8. The number of fused-ring (bicyclic) bond motifs is 1. The Kier molecular flexibility index (Phi) is 5.31. The summed E-state index contributed by atoms with van der Waals surface area (Å²) in [6.07, 6.45) is -8.52. The minimum Gasteiger partial charge on any atom is -0.487 e. The molecule has 0 saturated carbocycles. The molecule has 1 aromatic carbocycles. The molecule has 1 aromatic rings. The minimum absolute atomic E-state index is 0.00602. The number of rotatable bonds is 5. The molecule has 1 heterocycles. The van der Waals surface area contributed by atoms with Gasteiger partial charge in [0.25, 0.3) is 0 Å². The summed E-state index contributed by atoms with van der Waals surface area (Å²) in [5, 5.41) is 10.5. The fourth-order valence-electron chi connectivity index (χ4n) is 3.15. The smallest absolute Gasteiger partial charge is 0.458 e. The fraction of sp³-hybridized carbons (Fsp3) is 0.500. The lowest BCUT2D eigenvalue weighted by molar-refractivity contribution is -0.289. The summed E-state index contributed by atoms with van der Waals surface area (Å²) in [7, 11) is 0. The predicted octanol–water partition coefficient (Wildman–Crippen LogP) is 4.08. The third-order valence-electron chi connectivity index (χ3n) is 4.84. The van der Waals surface area contributed by atoms with E-state index < -0.39 is 60.1 Å². The number of ether oxygens (including phenoxy) is 2. The molecule has 0 aromatic heterocycles. The van der Waals surface area contributed by atoms with Crippen LogP contribution in [-0.4, -0.2) is 42.1 Å². The number of aliphatic hydroxyl groups is 1. The van der Waals surface area contributed by atoms with E-state index in [4.69, 9.17) is 9.47 Å². The third kappa shape index (κ3) is 3.56. The zero-order chi connectivity index (χ0) is 21.6. The van der Waals surface area contributed by atoms with Crippen LogP contribution in [-0.2, 0) is 15.5 Å². The van der Waals surface area contributed by atoms with Gasteiger partial charge in [0.2, 0.25) is 0 Å². The molecule has 29 heavy (non-hydrogen) atoms. The predicted molar refractivity (Wildman–Crippen MR) is 83.9 cm³/mol. The molecule has 1 aliphatic heterocycles. The van der Waals surface area contributed by atoms with Gasteiger partial charge in [-0.05, 0) is 18.2 Å². The molecule has 2 atom stereocenters. The van der Waals surface area contributed by atoms with E-state index in [1.165, 1.54) is 0 Å². The normalized spacial score (nSPS) is 24.0. The minimum atomic E-state index is -5.90. The molecule has 2 aliphatic rings. The number of hydrogen-bond donors (Lipinski definition) is 1. The van der Waals surface area contributed by atoms with E-state index in [1.807, 2.05) is 0 Å². The zero-order valence-corrected chi connectivity index (χ0v) is 14.6. The van der Waals surface area contributed by atoms with Gasteiger partial charge < -0.3 is 14.6 Å². The zero-order valence-electron chi connectivity index (χ0n) is 14.6. The third-order valence-corrected chi connectivity index (χ3v) is 4.84. The molecule has 0 radical (unpaired) electrons. The van der Waals surface area contributed by atoms with E-state index in [0.29, 0.717) is 18.2 Å². The van der Waals surface area contributed by atoms with Gasteiger partial charge in [-0.25, -0.2) is 8.78 Å². The number of hydrogen-bond acceptors (Lipinski definition) is 4. The molecule has 3 rings (SSSR count).